The number of sulfonamides is 1. The Hall–Kier alpha value is -1.96. The highest BCUT2D eigenvalue weighted by Gasteiger charge is 2.27. The lowest BCUT2D eigenvalue weighted by molar-refractivity contribution is 0.102. The first-order valence-corrected chi connectivity index (χ1v) is 10.5. The number of rotatable bonds is 8. The number of carbonyl (C=O) groups excluding carboxylic acids is 1. The minimum atomic E-state index is -4.03. The number of nitrogens with one attached hydrogen (secondary N) is 1. The Morgan fingerprint density at radius 3 is 2.56 bits per heavy atom. The van der Waals surface area contributed by atoms with Gasteiger partial charge in [0.2, 0.25) is 10.0 Å². The molecule has 2 aromatic carbocycles. The van der Waals surface area contributed by atoms with Crippen LogP contribution in [0, 0.1) is 5.82 Å². The van der Waals surface area contributed by atoms with Crippen LogP contribution >= 0.6 is 11.6 Å². The predicted octanol–water partition coefficient (Wildman–Crippen LogP) is 4.54. The topological polar surface area (TPSA) is 66.5 Å². The van der Waals surface area contributed by atoms with Crippen molar-refractivity contribution in [2.45, 2.75) is 31.6 Å². The molecule has 0 atom stereocenters. The number of halogens is 2. The molecule has 0 unspecified atom stereocenters. The van der Waals surface area contributed by atoms with E-state index < -0.39 is 26.6 Å². The highest BCUT2D eigenvalue weighted by molar-refractivity contribution is 7.89. The van der Waals surface area contributed by atoms with Gasteiger partial charge in [0.1, 0.15) is 10.7 Å². The lowest BCUT2D eigenvalue weighted by atomic mass is 10.2. The lowest BCUT2D eigenvalue weighted by Crippen LogP contribution is -2.32. The molecular formula is C19H22ClFN2O3S. The van der Waals surface area contributed by atoms with Crippen LogP contribution in [-0.2, 0) is 10.0 Å². The van der Waals surface area contributed by atoms with Gasteiger partial charge in [-0.2, -0.15) is 4.31 Å². The predicted molar refractivity (Wildman–Crippen MR) is 105 cm³/mol. The summed E-state index contributed by atoms with van der Waals surface area (Å²) >= 11 is 5.89. The van der Waals surface area contributed by atoms with Gasteiger partial charge in [-0.3, -0.25) is 4.79 Å². The normalized spacial score (nSPS) is 11.6. The molecule has 0 heterocycles. The summed E-state index contributed by atoms with van der Waals surface area (Å²) in [6.07, 6.45) is 1.49. The SMILES string of the molecule is CCCCN(CC)S(=O)(=O)c1cc(C(=O)Nc2cccc(Cl)c2)ccc1F. The maximum absolute atomic E-state index is 14.3. The van der Waals surface area contributed by atoms with Crippen LogP contribution in [0.4, 0.5) is 10.1 Å². The number of hydrogen-bond donors (Lipinski definition) is 1. The quantitative estimate of drug-likeness (QED) is 0.692. The van der Waals surface area contributed by atoms with E-state index >= 15 is 0 Å². The smallest absolute Gasteiger partial charge is 0.255 e. The Morgan fingerprint density at radius 1 is 1.19 bits per heavy atom. The van der Waals surface area contributed by atoms with Crippen molar-refractivity contribution in [3.05, 3.63) is 58.9 Å². The highest BCUT2D eigenvalue weighted by atomic mass is 35.5. The average molecular weight is 413 g/mol. The van der Waals surface area contributed by atoms with E-state index in [-0.39, 0.29) is 12.1 Å². The molecule has 0 aliphatic carbocycles. The fourth-order valence-corrected chi connectivity index (χ4v) is 4.30. The minimum absolute atomic E-state index is 0.0431. The zero-order valence-corrected chi connectivity index (χ0v) is 16.8. The fourth-order valence-electron chi connectivity index (χ4n) is 2.53. The molecule has 0 bridgehead atoms. The molecule has 27 heavy (non-hydrogen) atoms. The third-order valence-electron chi connectivity index (χ3n) is 4.01. The number of nitrogens with zero attached hydrogens (tertiary/aromatic N) is 1. The molecule has 146 valence electrons. The zero-order chi connectivity index (χ0) is 20.0. The van der Waals surface area contributed by atoms with E-state index in [1.165, 1.54) is 10.4 Å². The number of amides is 1. The molecule has 2 aromatic rings. The number of benzene rings is 2. The molecule has 0 radical (unpaired) electrons. The minimum Gasteiger partial charge on any atom is -0.322 e. The van der Waals surface area contributed by atoms with Gasteiger partial charge in [0, 0.05) is 29.4 Å². The van der Waals surface area contributed by atoms with Gasteiger partial charge in [0.05, 0.1) is 0 Å². The van der Waals surface area contributed by atoms with Crippen LogP contribution in [0.5, 0.6) is 0 Å². The Morgan fingerprint density at radius 2 is 1.93 bits per heavy atom. The molecule has 8 heteroatoms. The molecule has 0 spiro atoms. The summed E-state index contributed by atoms with van der Waals surface area (Å²) < 4.78 is 41.1. The molecule has 0 fully saturated rings. The summed E-state index contributed by atoms with van der Waals surface area (Å²) in [5, 5.41) is 3.07. The summed E-state index contributed by atoms with van der Waals surface area (Å²) in [4.78, 5) is 11.9. The summed E-state index contributed by atoms with van der Waals surface area (Å²) in [6, 6.07) is 9.85. The van der Waals surface area contributed by atoms with Crippen molar-refractivity contribution in [3.63, 3.8) is 0 Å². The number of hydrogen-bond acceptors (Lipinski definition) is 3. The Kier molecular flexibility index (Phi) is 7.35. The summed E-state index contributed by atoms with van der Waals surface area (Å²) in [5.41, 5.74) is 0.501. The van der Waals surface area contributed by atoms with Crippen LogP contribution in [0.15, 0.2) is 47.4 Å². The average Bonchev–Trinajstić information content (AvgIpc) is 2.62. The van der Waals surface area contributed by atoms with Crippen molar-refractivity contribution >= 4 is 33.2 Å². The van der Waals surface area contributed by atoms with Crippen molar-refractivity contribution in [1.29, 1.82) is 0 Å². The largest absolute Gasteiger partial charge is 0.322 e. The number of unbranched alkanes of at least 4 members (excludes halogenated alkanes) is 1. The van der Waals surface area contributed by atoms with Gasteiger partial charge in [-0.1, -0.05) is 37.9 Å². The van der Waals surface area contributed by atoms with Crippen molar-refractivity contribution in [3.8, 4) is 0 Å². The Balaban J connectivity index is 2.33. The molecular weight excluding hydrogens is 391 g/mol. The maximum Gasteiger partial charge on any atom is 0.255 e. The lowest BCUT2D eigenvalue weighted by Gasteiger charge is -2.21. The van der Waals surface area contributed by atoms with Crippen molar-refractivity contribution < 1.29 is 17.6 Å². The van der Waals surface area contributed by atoms with E-state index in [2.05, 4.69) is 5.32 Å². The zero-order valence-electron chi connectivity index (χ0n) is 15.2. The van der Waals surface area contributed by atoms with Gasteiger partial charge in [-0.15, -0.1) is 0 Å². The van der Waals surface area contributed by atoms with Crippen LogP contribution in [0.2, 0.25) is 5.02 Å². The van der Waals surface area contributed by atoms with Crippen molar-refractivity contribution in [2.75, 3.05) is 18.4 Å². The van der Waals surface area contributed by atoms with Gasteiger partial charge in [0.25, 0.3) is 5.91 Å². The number of anilines is 1. The number of carbonyl (C=O) groups is 1. The first-order chi connectivity index (χ1) is 12.8. The van der Waals surface area contributed by atoms with E-state index in [0.29, 0.717) is 23.7 Å². The molecule has 0 aliphatic rings. The second kappa shape index (κ2) is 9.30. The van der Waals surface area contributed by atoms with Gasteiger partial charge in [-0.25, -0.2) is 12.8 Å². The second-order valence-corrected chi connectivity index (χ2v) is 8.30. The molecule has 0 aromatic heterocycles. The molecule has 0 aliphatic heterocycles. The molecule has 0 saturated heterocycles. The van der Waals surface area contributed by atoms with Crippen molar-refractivity contribution in [2.24, 2.45) is 0 Å². The van der Waals surface area contributed by atoms with E-state index in [1.807, 2.05) is 6.92 Å². The van der Waals surface area contributed by atoms with E-state index in [1.54, 1.807) is 31.2 Å². The van der Waals surface area contributed by atoms with Crippen molar-refractivity contribution in [1.82, 2.24) is 4.31 Å². The van der Waals surface area contributed by atoms with Gasteiger partial charge in [-0.05, 0) is 42.8 Å². The van der Waals surface area contributed by atoms with Gasteiger partial charge < -0.3 is 5.32 Å². The van der Waals surface area contributed by atoms with E-state index in [0.717, 1.165) is 18.6 Å². The molecule has 1 amide bonds. The van der Waals surface area contributed by atoms with Crippen LogP contribution in [0.25, 0.3) is 0 Å². The molecule has 0 saturated carbocycles. The third-order valence-corrected chi connectivity index (χ3v) is 6.23. The van der Waals surface area contributed by atoms with Gasteiger partial charge >= 0.3 is 0 Å². The summed E-state index contributed by atoms with van der Waals surface area (Å²) in [5.74, 6) is -1.44. The van der Waals surface area contributed by atoms with Crippen LogP contribution in [0.1, 0.15) is 37.0 Å². The Bertz CT molecular complexity index is 919. The van der Waals surface area contributed by atoms with Gasteiger partial charge in [0.15, 0.2) is 0 Å². The van der Waals surface area contributed by atoms with E-state index in [4.69, 9.17) is 11.6 Å². The molecule has 5 nitrogen and oxygen atoms in total. The molecule has 2 rings (SSSR count). The fraction of sp³-hybridized carbons (Fsp3) is 0.316. The summed E-state index contributed by atoms with van der Waals surface area (Å²) in [6.45, 7) is 4.16. The molecule has 1 N–H and O–H groups in total. The Labute approximate surface area is 164 Å². The second-order valence-electron chi connectivity index (χ2n) is 5.96. The third kappa shape index (κ3) is 5.28. The monoisotopic (exact) mass is 412 g/mol. The maximum atomic E-state index is 14.3. The highest BCUT2D eigenvalue weighted by Crippen LogP contribution is 2.22. The van der Waals surface area contributed by atoms with E-state index in [9.17, 15) is 17.6 Å². The van der Waals surface area contributed by atoms with Crippen LogP contribution in [-0.4, -0.2) is 31.7 Å². The van der Waals surface area contributed by atoms with Crippen LogP contribution < -0.4 is 5.32 Å². The standard InChI is InChI=1S/C19H22ClFN2O3S/c1-3-5-11-23(4-2)27(25,26)18-12-14(9-10-17(18)21)19(24)22-16-8-6-7-15(20)13-16/h6-10,12-13H,3-5,11H2,1-2H3,(H,22,24). The first-order valence-electron chi connectivity index (χ1n) is 8.66. The van der Waals surface area contributed by atoms with Crippen LogP contribution in [0.3, 0.4) is 0 Å². The first kappa shape index (κ1) is 21.3. The summed E-state index contributed by atoms with van der Waals surface area (Å²) in [7, 11) is -4.03.